The van der Waals surface area contributed by atoms with Crippen molar-refractivity contribution in [2.24, 2.45) is 0 Å². The Morgan fingerprint density at radius 3 is 1.53 bits per heavy atom. The lowest BCUT2D eigenvalue weighted by molar-refractivity contribution is 0.669. The van der Waals surface area contributed by atoms with Crippen LogP contribution in [0.2, 0.25) is 0 Å². The van der Waals surface area contributed by atoms with E-state index in [0.29, 0.717) is 0 Å². The summed E-state index contributed by atoms with van der Waals surface area (Å²) in [5.41, 5.74) is 9.10. The van der Waals surface area contributed by atoms with Crippen molar-refractivity contribution in [1.82, 2.24) is 0 Å². The number of fused-ring (bicyclic) bond motifs is 12. The summed E-state index contributed by atoms with van der Waals surface area (Å²) in [5.74, 6) is 0. The molecule has 0 fully saturated rings. The van der Waals surface area contributed by atoms with Crippen LogP contribution in [0.25, 0.3) is 120 Å². The fraction of sp³-hybridized carbons (Fsp3) is 0. The van der Waals surface area contributed by atoms with Crippen LogP contribution in [0.1, 0.15) is 0 Å². The summed E-state index contributed by atoms with van der Waals surface area (Å²) in [6.07, 6.45) is 0. The van der Waals surface area contributed by atoms with E-state index in [1.165, 1.54) is 98.0 Å². The molecule has 0 atom stereocenters. The van der Waals surface area contributed by atoms with Crippen LogP contribution in [0.5, 0.6) is 0 Å². The third-order valence-corrected chi connectivity index (χ3v) is 11.8. The topological polar surface area (TPSA) is 13.1 Å². The zero-order valence-corrected chi connectivity index (χ0v) is 29.9. The van der Waals surface area contributed by atoms with Crippen LogP contribution < -0.4 is 0 Å². The lowest BCUT2D eigenvalue weighted by atomic mass is 9.88. The molecular weight excluding hydrogens is 665 g/mol. The second kappa shape index (κ2) is 11.6. The third kappa shape index (κ3) is 4.67. The number of hydrogen-bond acceptors (Lipinski definition) is 1. The molecule has 55 heavy (non-hydrogen) atoms. The molecule has 1 aromatic heterocycles. The Kier molecular flexibility index (Phi) is 6.40. The van der Waals surface area contributed by atoms with E-state index in [4.69, 9.17) is 4.42 Å². The van der Waals surface area contributed by atoms with Gasteiger partial charge in [-0.2, -0.15) is 0 Å². The van der Waals surface area contributed by atoms with Crippen LogP contribution in [-0.2, 0) is 0 Å². The van der Waals surface area contributed by atoms with Crippen LogP contribution >= 0.6 is 0 Å². The molecule has 1 heteroatoms. The van der Waals surface area contributed by atoms with Gasteiger partial charge in [-0.25, -0.2) is 0 Å². The second-order valence-electron chi connectivity index (χ2n) is 14.8. The number of benzene rings is 11. The summed E-state index contributed by atoms with van der Waals surface area (Å²) in [7, 11) is 0. The van der Waals surface area contributed by atoms with Gasteiger partial charge >= 0.3 is 0 Å². The third-order valence-electron chi connectivity index (χ3n) is 11.8. The molecule has 12 rings (SSSR count). The van der Waals surface area contributed by atoms with Gasteiger partial charge in [0.1, 0.15) is 11.2 Å². The Balaban J connectivity index is 0.961. The van der Waals surface area contributed by atoms with Crippen molar-refractivity contribution in [3.8, 4) is 33.4 Å². The first-order valence-corrected chi connectivity index (χ1v) is 19.0. The van der Waals surface area contributed by atoms with Crippen LogP contribution in [0, 0.1) is 0 Å². The van der Waals surface area contributed by atoms with E-state index in [-0.39, 0.29) is 0 Å². The fourth-order valence-corrected chi connectivity index (χ4v) is 9.13. The maximum absolute atomic E-state index is 6.34. The van der Waals surface area contributed by atoms with Crippen LogP contribution in [-0.4, -0.2) is 0 Å². The highest BCUT2D eigenvalue weighted by Crippen LogP contribution is 2.42. The van der Waals surface area contributed by atoms with E-state index in [9.17, 15) is 0 Å². The van der Waals surface area contributed by atoms with E-state index >= 15 is 0 Å². The zero-order valence-electron chi connectivity index (χ0n) is 29.9. The predicted octanol–water partition coefficient (Wildman–Crippen LogP) is 15.5. The minimum atomic E-state index is 0.906. The standard InChI is InChI=1S/C54H32O/c1-3-11-43-33(8-1)10-7-15-44(43)41-25-27-52-50(31-41)49-30-39(24-26-51(49)55-52)37-19-20-38-29-40(22-21-36(38)28-37)48-32-42-23-18-35-17-16-34-9-2-4-12-45(34)53(35)54(42)47-14-6-5-13-46(47)48/h1-32H. The van der Waals surface area contributed by atoms with Gasteiger partial charge in [0.25, 0.3) is 0 Å². The lowest BCUT2D eigenvalue weighted by Gasteiger charge is -2.15. The summed E-state index contributed by atoms with van der Waals surface area (Å²) in [6, 6.07) is 71.2. The molecule has 0 saturated carbocycles. The quantitative estimate of drug-likeness (QED) is 0.168. The van der Waals surface area contributed by atoms with Crippen LogP contribution in [0.15, 0.2) is 199 Å². The van der Waals surface area contributed by atoms with Crippen LogP contribution in [0.3, 0.4) is 0 Å². The molecule has 0 N–H and O–H groups in total. The molecular formula is C54H32O. The molecule has 0 spiro atoms. The molecule has 0 bridgehead atoms. The first-order chi connectivity index (χ1) is 27.2. The molecule has 0 aliphatic carbocycles. The highest BCUT2D eigenvalue weighted by atomic mass is 16.3. The highest BCUT2D eigenvalue weighted by Gasteiger charge is 2.15. The molecule has 11 aromatic carbocycles. The summed E-state index contributed by atoms with van der Waals surface area (Å²) >= 11 is 0. The van der Waals surface area contributed by atoms with Crippen molar-refractivity contribution in [2.75, 3.05) is 0 Å². The highest BCUT2D eigenvalue weighted by molar-refractivity contribution is 6.29. The number of hydrogen-bond donors (Lipinski definition) is 0. The first kappa shape index (κ1) is 30.3. The van der Waals surface area contributed by atoms with Gasteiger partial charge in [0.15, 0.2) is 0 Å². The maximum atomic E-state index is 6.34. The van der Waals surface area contributed by atoms with Gasteiger partial charge in [0.2, 0.25) is 0 Å². The maximum Gasteiger partial charge on any atom is 0.135 e. The monoisotopic (exact) mass is 696 g/mol. The van der Waals surface area contributed by atoms with E-state index < -0.39 is 0 Å². The molecule has 12 aromatic rings. The molecule has 0 unspecified atom stereocenters. The molecule has 0 radical (unpaired) electrons. The van der Waals surface area contributed by atoms with Gasteiger partial charge in [0.05, 0.1) is 0 Å². The summed E-state index contributed by atoms with van der Waals surface area (Å²) in [4.78, 5) is 0. The van der Waals surface area contributed by atoms with Crippen molar-refractivity contribution < 1.29 is 4.42 Å². The largest absolute Gasteiger partial charge is 0.456 e. The van der Waals surface area contributed by atoms with Crippen molar-refractivity contribution in [3.63, 3.8) is 0 Å². The molecule has 0 amide bonds. The lowest BCUT2D eigenvalue weighted by Crippen LogP contribution is -1.88. The molecule has 0 saturated heterocycles. The summed E-state index contributed by atoms with van der Waals surface area (Å²) in [6.45, 7) is 0. The van der Waals surface area contributed by atoms with Gasteiger partial charge in [0, 0.05) is 10.8 Å². The summed E-state index contributed by atoms with van der Waals surface area (Å²) < 4.78 is 6.34. The Bertz CT molecular complexity index is 3540. The molecule has 0 aliphatic heterocycles. The summed E-state index contributed by atoms with van der Waals surface area (Å²) in [5, 5.41) is 17.6. The second-order valence-corrected chi connectivity index (χ2v) is 14.8. The average molecular weight is 697 g/mol. The van der Waals surface area contributed by atoms with Crippen molar-refractivity contribution in [1.29, 1.82) is 0 Å². The smallest absolute Gasteiger partial charge is 0.135 e. The van der Waals surface area contributed by atoms with Gasteiger partial charge in [-0.3, -0.25) is 0 Å². The zero-order chi connectivity index (χ0) is 36.0. The average Bonchev–Trinajstić information content (AvgIpc) is 3.62. The Morgan fingerprint density at radius 2 is 0.727 bits per heavy atom. The first-order valence-electron chi connectivity index (χ1n) is 19.0. The molecule has 0 aliphatic rings. The van der Waals surface area contributed by atoms with E-state index in [1.54, 1.807) is 0 Å². The van der Waals surface area contributed by atoms with Crippen LogP contribution in [0.4, 0.5) is 0 Å². The van der Waals surface area contributed by atoms with Crippen molar-refractivity contribution in [2.45, 2.75) is 0 Å². The van der Waals surface area contributed by atoms with E-state index in [0.717, 1.165) is 21.9 Å². The SMILES string of the molecule is c1ccc2c(-c3ccc4oc5ccc(-c6ccc7cc(-c8cc9ccc%10ccc%11ccccc%11c%10c9c9ccccc89)ccc7c6)cc5c4c3)cccc2c1. The van der Waals surface area contributed by atoms with Gasteiger partial charge < -0.3 is 4.42 Å². The minimum Gasteiger partial charge on any atom is -0.456 e. The Morgan fingerprint density at radius 1 is 0.236 bits per heavy atom. The van der Waals surface area contributed by atoms with Gasteiger partial charge in [-0.05, 0) is 140 Å². The fourth-order valence-electron chi connectivity index (χ4n) is 9.13. The minimum absolute atomic E-state index is 0.906. The predicted molar refractivity (Wildman–Crippen MR) is 235 cm³/mol. The Labute approximate surface area is 317 Å². The normalized spacial score (nSPS) is 12.0. The van der Waals surface area contributed by atoms with E-state index in [1.807, 2.05) is 0 Å². The van der Waals surface area contributed by atoms with Gasteiger partial charge in [-0.1, -0.05) is 152 Å². The number of furan rings is 1. The number of rotatable bonds is 3. The van der Waals surface area contributed by atoms with Crippen molar-refractivity contribution in [3.05, 3.63) is 194 Å². The van der Waals surface area contributed by atoms with Gasteiger partial charge in [-0.15, -0.1) is 0 Å². The Hall–Kier alpha value is -7.22. The van der Waals surface area contributed by atoms with E-state index in [2.05, 4.69) is 194 Å². The molecule has 1 heterocycles. The molecule has 254 valence electrons. The molecule has 1 nitrogen and oxygen atoms in total. The van der Waals surface area contributed by atoms with Crippen molar-refractivity contribution >= 4 is 86.6 Å².